The van der Waals surface area contributed by atoms with E-state index in [4.69, 9.17) is 10.5 Å². The van der Waals surface area contributed by atoms with Crippen LogP contribution in [0.15, 0.2) is 35.1 Å². The second-order valence-electron chi connectivity index (χ2n) is 5.91. The maximum absolute atomic E-state index is 11.8. The van der Waals surface area contributed by atoms with Gasteiger partial charge in [-0.15, -0.1) is 0 Å². The number of ether oxygens (including phenoxy) is 1. The molecule has 5 heteroatoms. The monoisotopic (exact) mass is 287 g/mol. The Labute approximate surface area is 124 Å². The summed E-state index contributed by atoms with van der Waals surface area (Å²) in [5, 5.41) is 6.58. The van der Waals surface area contributed by atoms with Gasteiger partial charge in [0.2, 0.25) is 0 Å². The maximum atomic E-state index is 11.8. The number of rotatable bonds is 4. The van der Waals surface area contributed by atoms with Crippen LogP contribution in [0.3, 0.4) is 0 Å². The molecule has 3 N–H and O–H groups in total. The van der Waals surface area contributed by atoms with E-state index in [1.165, 1.54) is 0 Å². The Kier molecular flexibility index (Phi) is 4.14. The average Bonchev–Trinajstić information content (AvgIpc) is 2.38. The predicted octanol–water partition coefficient (Wildman–Crippen LogP) is 2.42. The first-order valence-corrected chi connectivity index (χ1v) is 6.93. The number of hydrogen-bond donors (Lipinski definition) is 2. The minimum absolute atomic E-state index is 0.131. The molecule has 2 aromatic rings. The summed E-state index contributed by atoms with van der Waals surface area (Å²) in [6.07, 6.45) is 0.131. The molecule has 0 amide bonds. The van der Waals surface area contributed by atoms with E-state index < -0.39 is 5.54 Å². The standard InChI is InChI=1S/C16H21N3O2/c1-10(2)21-12-7-5-11(6-8-12)14-9-13(16(3,4)17)15(20)19-18-14/h5-10H,17H2,1-4H3,(H,19,20). The number of aromatic nitrogens is 2. The summed E-state index contributed by atoms with van der Waals surface area (Å²) in [6, 6.07) is 9.32. The second-order valence-corrected chi connectivity index (χ2v) is 5.91. The van der Waals surface area contributed by atoms with Crippen LogP contribution >= 0.6 is 0 Å². The van der Waals surface area contributed by atoms with Crippen molar-refractivity contribution in [2.24, 2.45) is 5.73 Å². The van der Waals surface area contributed by atoms with Gasteiger partial charge in [-0.25, -0.2) is 5.10 Å². The SMILES string of the molecule is CC(C)Oc1ccc(-c2cc(C(C)(C)N)c(=O)[nH]n2)cc1. The molecule has 1 aromatic heterocycles. The third-order valence-corrected chi connectivity index (χ3v) is 3.02. The van der Waals surface area contributed by atoms with E-state index in [9.17, 15) is 4.79 Å². The molecule has 5 nitrogen and oxygen atoms in total. The zero-order chi connectivity index (χ0) is 15.6. The average molecular weight is 287 g/mol. The lowest BCUT2D eigenvalue weighted by Gasteiger charge is -2.18. The Balaban J connectivity index is 2.36. The molecule has 0 spiro atoms. The van der Waals surface area contributed by atoms with Crippen LogP contribution in [-0.2, 0) is 5.54 Å². The Bertz CT molecular complexity index is 667. The molecule has 0 bridgehead atoms. The van der Waals surface area contributed by atoms with Gasteiger partial charge in [0.25, 0.3) is 5.56 Å². The summed E-state index contributed by atoms with van der Waals surface area (Å²) in [4.78, 5) is 11.8. The first kappa shape index (κ1) is 15.3. The molecule has 0 unspecified atom stereocenters. The van der Waals surface area contributed by atoms with Crippen LogP contribution in [0.2, 0.25) is 0 Å². The first-order chi connectivity index (χ1) is 9.77. The van der Waals surface area contributed by atoms with Crippen molar-refractivity contribution in [3.05, 3.63) is 46.2 Å². The molecule has 0 radical (unpaired) electrons. The molecule has 1 heterocycles. The summed E-state index contributed by atoms with van der Waals surface area (Å²) in [5.74, 6) is 0.803. The van der Waals surface area contributed by atoms with Gasteiger partial charge < -0.3 is 10.5 Å². The van der Waals surface area contributed by atoms with Gasteiger partial charge in [-0.05, 0) is 58.0 Å². The zero-order valence-electron chi connectivity index (χ0n) is 12.8. The van der Waals surface area contributed by atoms with Gasteiger partial charge in [0.15, 0.2) is 0 Å². The van der Waals surface area contributed by atoms with Gasteiger partial charge in [0.05, 0.1) is 11.8 Å². The van der Waals surface area contributed by atoms with Crippen molar-refractivity contribution < 1.29 is 4.74 Å². The quantitative estimate of drug-likeness (QED) is 0.905. The first-order valence-electron chi connectivity index (χ1n) is 6.93. The minimum Gasteiger partial charge on any atom is -0.491 e. The largest absolute Gasteiger partial charge is 0.491 e. The van der Waals surface area contributed by atoms with Crippen LogP contribution in [0.4, 0.5) is 0 Å². The summed E-state index contributed by atoms with van der Waals surface area (Å²) in [5.41, 5.74) is 7.13. The van der Waals surface area contributed by atoms with Gasteiger partial charge in [-0.3, -0.25) is 4.79 Å². The number of nitrogens with zero attached hydrogens (tertiary/aromatic N) is 1. The molecule has 0 saturated carbocycles. The minimum atomic E-state index is -0.716. The summed E-state index contributed by atoms with van der Waals surface area (Å²) < 4.78 is 5.60. The van der Waals surface area contributed by atoms with Crippen LogP contribution in [0, 0.1) is 0 Å². The third-order valence-electron chi connectivity index (χ3n) is 3.02. The lowest BCUT2D eigenvalue weighted by molar-refractivity contribution is 0.242. The van der Waals surface area contributed by atoms with Crippen LogP contribution in [0.25, 0.3) is 11.3 Å². The molecular formula is C16H21N3O2. The number of hydrogen-bond acceptors (Lipinski definition) is 4. The predicted molar refractivity (Wildman–Crippen MR) is 83.3 cm³/mol. The Morgan fingerprint density at radius 2 is 1.86 bits per heavy atom. The highest BCUT2D eigenvalue weighted by atomic mass is 16.5. The van der Waals surface area contributed by atoms with E-state index >= 15 is 0 Å². The van der Waals surface area contributed by atoms with Crippen LogP contribution < -0.4 is 16.0 Å². The van der Waals surface area contributed by atoms with Crippen LogP contribution in [0.5, 0.6) is 5.75 Å². The zero-order valence-corrected chi connectivity index (χ0v) is 12.8. The van der Waals surface area contributed by atoms with Crippen LogP contribution in [0.1, 0.15) is 33.3 Å². The van der Waals surface area contributed by atoms with E-state index in [1.807, 2.05) is 38.1 Å². The lowest BCUT2D eigenvalue weighted by Crippen LogP contribution is -2.35. The molecule has 0 aliphatic carbocycles. The van der Waals surface area contributed by atoms with Crippen molar-refractivity contribution in [2.45, 2.75) is 39.3 Å². The van der Waals surface area contributed by atoms with Crippen molar-refractivity contribution in [1.82, 2.24) is 10.2 Å². The number of benzene rings is 1. The normalized spacial score (nSPS) is 11.7. The molecule has 0 saturated heterocycles. The van der Waals surface area contributed by atoms with Gasteiger partial charge >= 0.3 is 0 Å². The molecule has 112 valence electrons. The van der Waals surface area contributed by atoms with E-state index in [1.54, 1.807) is 19.9 Å². The fourth-order valence-corrected chi connectivity index (χ4v) is 2.01. The number of H-pyrrole nitrogens is 1. The van der Waals surface area contributed by atoms with Crippen molar-refractivity contribution in [3.63, 3.8) is 0 Å². The second kappa shape index (κ2) is 5.69. The molecule has 0 atom stereocenters. The van der Waals surface area contributed by atoms with Crippen molar-refractivity contribution in [2.75, 3.05) is 0 Å². The van der Waals surface area contributed by atoms with Gasteiger partial charge in [0.1, 0.15) is 5.75 Å². The summed E-state index contributed by atoms with van der Waals surface area (Å²) in [6.45, 7) is 7.54. The molecule has 0 aliphatic heterocycles. The topological polar surface area (TPSA) is 81.0 Å². The molecule has 0 fully saturated rings. The van der Waals surface area contributed by atoms with Gasteiger partial charge in [-0.1, -0.05) is 0 Å². The highest BCUT2D eigenvalue weighted by Gasteiger charge is 2.19. The summed E-state index contributed by atoms with van der Waals surface area (Å²) in [7, 11) is 0. The molecule has 0 aliphatic rings. The van der Waals surface area contributed by atoms with E-state index in [0.717, 1.165) is 11.3 Å². The Hall–Kier alpha value is -2.14. The molecule has 2 rings (SSSR count). The fraction of sp³-hybridized carbons (Fsp3) is 0.375. The van der Waals surface area contributed by atoms with Crippen LogP contribution in [-0.4, -0.2) is 16.3 Å². The highest BCUT2D eigenvalue weighted by molar-refractivity contribution is 5.60. The number of nitrogens with two attached hydrogens (primary N) is 1. The van der Waals surface area contributed by atoms with E-state index in [0.29, 0.717) is 11.3 Å². The smallest absolute Gasteiger partial charge is 0.269 e. The number of aromatic amines is 1. The highest BCUT2D eigenvalue weighted by Crippen LogP contribution is 2.23. The van der Waals surface area contributed by atoms with Gasteiger partial charge in [-0.2, -0.15) is 5.10 Å². The maximum Gasteiger partial charge on any atom is 0.269 e. The third kappa shape index (κ3) is 3.70. The molecular weight excluding hydrogens is 266 g/mol. The van der Waals surface area contributed by atoms with E-state index in [2.05, 4.69) is 10.2 Å². The fourth-order valence-electron chi connectivity index (χ4n) is 2.01. The lowest BCUT2D eigenvalue weighted by atomic mass is 9.96. The molecule has 21 heavy (non-hydrogen) atoms. The van der Waals surface area contributed by atoms with E-state index in [-0.39, 0.29) is 11.7 Å². The molecule has 1 aromatic carbocycles. The van der Waals surface area contributed by atoms with Crippen molar-refractivity contribution in [3.8, 4) is 17.0 Å². The summed E-state index contributed by atoms with van der Waals surface area (Å²) >= 11 is 0. The van der Waals surface area contributed by atoms with Crippen molar-refractivity contribution in [1.29, 1.82) is 0 Å². The number of nitrogens with one attached hydrogen (secondary N) is 1. The Morgan fingerprint density at radius 3 is 2.38 bits per heavy atom. The van der Waals surface area contributed by atoms with Gasteiger partial charge in [0, 0.05) is 16.7 Å². The Morgan fingerprint density at radius 1 is 1.24 bits per heavy atom. The van der Waals surface area contributed by atoms with Crippen molar-refractivity contribution >= 4 is 0 Å².